The van der Waals surface area contributed by atoms with Gasteiger partial charge in [-0.3, -0.25) is 9.36 Å². The van der Waals surface area contributed by atoms with Crippen molar-refractivity contribution in [2.45, 2.75) is 6.54 Å². The van der Waals surface area contributed by atoms with Crippen molar-refractivity contribution in [3.8, 4) is 0 Å². The number of rotatable bonds is 2. The maximum Gasteiger partial charge on any atom is 0.261 e. The molecular weight excluding hydrogens is 320 g/mol. The molecule has 0 saturated carbocycles. The average Bonchev–Trinajstić information content (AvgIpc) is 2.45. The van der Waals surface area contributed by atoms with Gasteiger partial charge < -0.3 is 5.73 Å². The second-order valence-electron chi connectivity index (χ2n) is 4.39. The van der Waals surface area contributed by atoms with Crippen LogP contribution in [-0.4, -0.2) is 14.5 Å². The molecule has 3 aromatic rings. The first-order valence-corrected chi connectivity index (χ1v) is 6.78. The Bertz CT molecular complexity index is 844. The molecule has 1 aromatic carbocycles. The van der Waals surface area contributed by atoms with Crippen molar-refractivity contribution in [3.63, 3.8) is 0 Å². The Balaban J connectivity index is 2.11. The molecule has 0 aliphatic heterocycles. The molecule has 2 N–H and O–H groups in total. The molecule has 0 bridgehead atoms. The van der Waals surface area contributed by atoms with Crippen LogP contribution in [0, 0.1) is 0 Å². The molecule has 5 nitrogen and oxygen atoms in total. The van der Waals surface area contributed by atoms with Crippen molar-refractivity contribution in [2.24, 2.45) is 0 Å². The Morgan fingerprint density at radius 2 is 2.10 bits per heavy atom. The third-order valence-corrected chi connectivity index (χ3v) is 3.55. The molecule has 20 heavy (non-hydrogen) atoms. The summed E-state index contributed by atoms with van der Waals surface area (Å²) in [4.78, 5) is 20.7. The molecule has 0 atom stereocenters. The molecule has 0 fully saturated rings. The van der Waals surface area contributed by atoms with Gasteiger partial charge >= 0.3 is 0 Å². The summed E-state index contributed by atoms with van der Waals surface area (Å²) in [5.41, 5.74) is 7.17. The van der Waals surface area contributed by atoms with Gasteiger partial charge in [0.25, 0.3) is 5.56 Å². The summed E-state index contributed by atoms with van der Waals surface area (Å²) in [5.74, 6) is 0.425. The van der Waals surface area contributed by atoms with Crippen molar-refractivity contribution >= 4 is 32.7 Å². The fraction of sp³-hybridized carbons (Fsp3) is 0.0714. The topological polar surface area (TPSA) is 73.8 Å². The van der Waals surface area contributed by atoms with E-state index in [0.717, 1.165) is 10.0 Å². The predicted octanol–water partition coefficient (Wildman–Crippen LogP) is 2.18. The van der Waals surface area contributed by atoms with Crippen LogP contribution in [0.25, 0.3) is 10.9 Å². The zero-order chi connectivity index (χ0) is 14.1. The molecule has 0 radical (unpaired) electrons. The minimum Gasteiger partial charge on any atom is -0.383 e. The van der Waals surface area contributed by atoms with Crippen LogP contribution in [-0.2, 0) is 6.54 Å². The van der Waals surface area contributed by atoms with Gasteiger partial charge in [-0.2, -0.15) is 0 Å². The Kier molecular flexibility index (Phi) is 3.23. The van der Waals surface area contributed by atoms with Crippen LogP contribution >= 0.6 is 15.9 Å². The lowest BCUT2D eigenvalue weighted by atomic mass is 10.2. The quantitative estimate of drug-likeness (QED) is 0.781. The summed E-state index contributed by atoms with van der Waals surface area (Å²) in [5, 5.41) is 0.573. The fourth-order valence-electron chi connectivity index (χ4n) is 2.01. The lowest BCUT2D eigenvalue weighted by Crippen LogP contribution is -2.21. The number of hydrogen-bond donors (Lipinski definition) is 1. The number of nitrogens with two attached hydrogens (primary N) is 1. The number of anilines is 1. The third-order valence-electron chi connectivity index (χ3n) is 3.05. The molecule has 0 amide bonds. The monoisotopic (exact) mass is 330 g/mol. The lowest BCUT2D eigenvalue weighted by molar-refractivity contribution is 0.747. The minimum absolute atomic E-state index is 0.0976. The molecule has 0 aliphatic carbocycles. The molecule has 0 saturated heterocycles. The highest BCUT2D eigenvalue weighted by Crippen LogP contribution is 2.15. The molecule has 100 valence electrons. The number of nitrogen functional groups attached to an aromatic ring is 1. The van der Waals surface area contributed by atoms with Crippen LogP contribution in [0.4, 0.5) is 5.82 Å². The summed E-state index contributed by atoms with van der Waals surface area (Å²) in [7, 11) is 0. The first-order valence-electron chi connectivity index (χ1n) is 5.99. The summed E-state index contributed by atoms with van der Waals surface area (Å²) in [6.07, 6.45) is 3.16. The Morgan fingerprint density at radius 3 is 2.90 bits per heavy atom. The Morgan fingerprint density at radius 1 is 1.25 bits per heavy atom. The maximum absolute atomic E-state index is 12.4. The predicted molar refractivity (Wildman–Crippen MR) is 81.5 cm³/mol. The molecule has 2 heterocycles. The highest BCUT2D eigenvalue weighted by molar-refractivity contribution is 9.10. The second-order valence-corrected chi connectivity index (χ2v) is 5.30. The second kappa shape index (κ2) is 5.05. The van der Waals surface area contributed by atoms with Gasteiger partial charge in [0.1, 0.15) is 5.82 Å². The van der Waals surface area contributed by atoms with E-state index in [1.165, 1.54) is 10.9 Å². The lowest BCUT2D eigenvalue weighted by Gasteiger charge is -2.08. The van der Waals surface area contributed by atoms with Crippen LogP contribution in [0.3, 0.4) is 0 Å². The van der Waals surface area contributed by atoms with Crippen LogP contribution in [0.15, 0.2) is 52.1 Å². The highest BCUT2D eigenvalue weighted by Gasteiger charge is 2.07. The van der Waals surface area contributed by atoms with Crippen molar-refractivity contribution < 1.29 is 0 Å². The summed E-state index contributed by atoms with van der Waals surface area (Å²) in [6.45, 7) is 0.355. The van der Waals surface area contributed by atoms with E-state index in [9.17, 15) is 4.79 Å². The maximum atomic E-state index is 12.4. The largest absolute Gasteiger partial charge is 0.383 e. The molecule has 6 heteroatoms. The zero-order valence-electron chi connectivity index (χ0n) is 10.5. The van der Waals surface area contributed by atoms with Crippen molar-refractivity contribution in [1.29, 1.82) is 0 Å². The van der Waals surface area contributed by atoms with E-state index >= 15 is 0 Å². The van der Waals surface area contributed by atoms with E-state index in [-0.39, 0.29) is 5.56 Å². The van der Waals surface area contributed by atoms with Crippen LogP contribution < -0.4 is 11.3 Å². The molecular formula is C14H11BrN4O. The fourth-order valence-corrected chi connectivity index (χ4v) is 2.37. The Hall–Kier alpha value is -2.21. The molecule has 0 aliphatic rings. The standard InChI is InChI=1S/C14H11BrN4O/c15-10-3-4-12-11(6-10)14(20)19(8-18-12)7-9-2-1-5-17-13(9)16/h1-6,8H,7H2,(H2,16,17). The number of pyridine rings is 1. The van der Waals surface area contributed by atoms with Gasteiger partial charge in [-0.25, -0.2) is 9.97 Å². The first kappa shape index (κ1) is 12.8. The summed E-state index contributed by atoms with van der Waals surface area (Å²) < 4.78 is 2.38. The van der Waals surface area contributed by atoms with Gasteiger partial charge in [-0.15, -0.1) is 0 Å². The number of halogens is 1. The van der Waals surface area contributed by atoms with Gasteiger partial charge in [-0.1, -0.05) is 22.0 Å². The van der Waals surface area contributed by atoms with E-state index in [2.05, 4.69) is 25.9 Å². The summed E-state index contributed by atoms with van der Waals surface area (Å²) in [6, 6.07) is 9.08. The third kappa shape index (κ3) is 2.30. The number of benzene rings is 1. The van der Waals surface area contributed by atoms with Gasteiger partial charge in [0.15, 0.2) is 0 Å². The number of hydrogen-bond acceptors (Lipinski definition) is 4. The first-order chi connectivity index (χ1) is 9.65. The minimum atomic E-state index is -0.0976. The van der Waals surface area contributed by atoms with Gasteiger partial charge in [0.2, 0.25) is 0 Å². The van der Waals surface area contributed by atoms with Crippen molar-refractivity contribution in [2.75, 3.05) is 5.73 Å². The highest BCUT2D eigenvalue weighted by atomic mass is 79.9. The molecule has 2 aromatic heterocycles. The number of aromatic nitrogens is 3. The Labute approximate surface area is 123 Å². The van der Waals surface area contributed by atoms with Crippen molar-refractivity contribution in [1.82, 2.24) is 14.5 Å². The summed E-state index contributed by atoms with van der Waals surface area (Å²) >= 11 is 3.36. The van der Waals surface area contributed by atoms with Gasteiger partial charge in [0, 0.05) is 16.2 Å². The van der Waals surface area contributed by atoms with E-state index in [4.69, 9.17) is 5.73 Å². The van der Waals surface area contributed by atoms with Gasteiger partial charge in [-0.05, 0) is 24.3 Å². The zero-order valence-corrected chi connectivity index (χ0v) is 12.0. The van der Waals surface area contributed by atoms with E-state index in [0.29, 0.717) is 23.3 Å². The van der Waals surface area contributed by atoms with E-state index in [1.807, 2.05) is 18.2 Å². The molecule has 0 unspecified atom stereocenters. The SMILES string of the molecule is Nc1ncccc1Cn1cnc2ccc(Br)cc2c1=O. The molecule has 0 spiro atoms. The smallest absolute Gasteiger partial charge is 0.261 e. The van der Waals surface area contributed by atoms with Crippen molar-refractivity contribution in [3.05, 3.63) is 63.2 Å². The van der Waals surface area contributed by atoms with E-state index in [1.54, 1.807) is 18.3 Å². The number of fused-ring (bicyclic) bond motifs is 1. The van der Waals surface area contributed by atoms with E-state index < -0.39 is 0 Å². The number of nitrogens with zero attached hydrogens (tertiary/aromatic N) is 3. The molecule has 3 rings (SSSR count). The van der Waals surface area contributed by atoms with Crippen LogP contribution in [0.1, 0.15) is 5.56 Å². The van der Waals surface area contributed by atoms with Crippen LogP contribution in [0.5, 0.6) is 0 Å². The normalized spacial score (nSPS) is 10.8. The average molecular weight is 331 g/mol. The van der Waals surface area contributed by atoms with Gasteiger partial charge in [0.05, 0.1) is 23.8 Å². The van der Waals surface area contributed by atoms with Crippen LogP contribution in [0.2, 0.25) is 0 Å².